The van der Waals surface area contributed by atoms with Crippen LogP contribution in [-0.4, -0.2) is 17.2 Å². The van der Waals surface area contributed by atoms with Gasteiger partial charge in [0.15, 0.2) is 0 Å². The van der Waals surface area contributed by atoms with Gasteiger partial charge in [-0.25, -0.2) is 0 Å². The molecule has 208 valence electrons. The fourth-order valence-corrected chi connectivity index (χ4v) is 4.57. The van der Waals surface area contributed by atoms with E-state index in [1.807, 2.05) is 53.8 Å². The Bertz CT molecular complexity index is 1530. The first kappa shape index (κ1) is 32.1. The molecule has 0 amide bonds. The lowest BCUT2D eigenvalue weighted by Gasteiger charge is -2.14. The van der Waals surface area contributed by atoms with Gasteiger partial charge in [0, 0.05) is 58.6 Å². The highest BCUT2D eigenvalue weighted by Gasteiger charge is 2.26. The van der Waals surface area contributed by atoms with E-state index in [-0.39, 0.29) is 5.71 Å². The van der Waals surface area contributed by atoms with Crippen molar-refractivity contribution in [1.29, 1.82) is 5.41 Å². The zero-order valence-corrected chi connectivity index (χ0v) is 25.5. The minimum absolute atomic E-state index is 0.117. The first-order valence-electron chi connectivity index (χ1n) is 13.8. The molecule has 2 aromatic carbocycles. The maximum Gasteiger partial charge on any atom is 0.217 e. The number of anilines is 1. The normalized spacial score (nSPS) is 9.80. The van der Waals surface area contributed by atoms with E-state index in [0.717, 1.165) is 57.5 Å². The minimum atomic E-state index is 0.117. The van der Waals surface area contributed by atoms with Gasteiger partial charge in [0.1, 0.15) is 12.8 Å². The Balaban J connectivity index is 0.00000134. The fourth-order valence-electron chi connectivity index (χ4n) is 4.29. The number of rotatable bonds is 6. The van der Waals surface area contributed by atoms with Crippen LogP contribution in [0.1, 0.15) is 63.3 Å². The van der Waals surface area contributed by atoms with Crippen LogP contribution in [0.5, 0.6) is 0 Å². The number of benzene rings is 2. The Morgan fingerprint density at radius 2 is 1.68 bits per heavy atom. The van der Waals surface area contributed by atoms with Gasteiger partial charge in [-0.15, -0.1) is 0 Å². The molecule has 40 heavy (non-hydrogen) atoms. The SMILES string of the molecule is C=C(NCCC)c1ccc(-c2c(C)c(Cl)c3c(C(=N)C#Cc4ccncc4)c(N)ccc3[n+]2C)cc1.CC.CC. The molecule has 4 aromatic rings. The Morgan fingerprint density at radius 1 is 1.05 bits per heavy atom. The van der Waals surface area contributed by atoms with Crippen LogP contribution in [-0.2, 0) is 7.05 Å². The van der Waals surface area contributed by atoms with E-state index in [9.17, 15) is 0 Å². The molecule has 0 radical (unpaired) electrons. The summed E-state index contributed by atoms with van der Waals surface area (Å²) < 4.78 is 2.10. The summed E-state index contributed by atoms with van der Waals surface area (Å²) in [6.07, 6.45) is 4.39. The third-order valence-corrected chi connectivity index (χ3v) is 6.65. The standard InChI is InChI=1S/C30H29ClN5.2C2H6/c1-5-16-35-20(3)22-7-9-23(10-8-22)30-19(2)29(31)28-26(36(30)4)13-12-25(33)27(28)24(32)11-6-21-14-17-34-18-15-21;2*1-2/h7-10,12-15,17-18,32,35H,3,5,16,33H2,1-2,4H3;2*1-2H3/q+1;;. The minimum Gasteiger partial charge on any atom is -0.398 e. The van der Waals surface area contributed by atoms with Crippen LogP contribution in [0.4, 0.5) is 5.69 Å². The van der Waals surface area contributed by atoms with Gasteiger partial charge in [-0.3, -0.25) is 10.4 Å². The first-order valence-corrected chi connectivity index (χ1v) is 14.2. The van der Waals surface area contributed by atoms with Crippen molar-refractivity contribution in [3.8, 4) is 23.1 Å². The monoisotopic (exact) mass is 554 g/mol. The summed E-state index contributed by atoms with van der Waals surface area (Å²) in [5.41, 5.74) is 14.0. The summed E-state index contributed by atoms with van der Waals surface area (Å²) in [6.45, 7) is 17.2. The summed E-state index contributed by atoms with van der Waals surface area (Å²) in [6, 6.07) is 15.7. The summed E-state index contributed by atoms with van der Waals surface area (Å²) >= 11 is 6.98. The number of nitrogens with two attached hydrogens (primary N) is 1. The second kappa shape index (κ2) is 15.5. The van der Waals surface area contributed by atoms with Gasteiger partial charge in [-0.1, -0.05) is 70.9 Å². The third-order valence-electron chi connectivity index (χ3n) is 6.17. The maximum atomic E-state index is 8.72. The lowest BCUT2D eigenvalue weighted by Crippen LogP contribution is -2.34. The highest BCUT2D eigenvalue weighted by Crippen LogP contribution is 2.36. The van der Waals surface area contributed by atoms with Crippen LogP contribution >= 0.6 is 11.6 Å². The molecule has 2 aromatic heterocycles. The first-order chi connectivity index (χ1) is 19.3. The van der Waals surface area contributed by atoms with Crippen LogP contribution < -0.4 is 15.6 Å². The number of aryl methyl sites for hydroxylation is 1. The van der Waals surface area contributed by atoms with Crippen LogP contribution in [0.3, 0.4) is 0 Å². The molecule has 0 saturated carbocycles. The summed E-state index contributed by atoms with van der Waals surface area (Å²) in [4.78, 5) is 4.01. The Labute approximate surface area is 244 Å². The van der Waals surface area contributed by atoms with Gasteiger partial charge in [0.2, 0.25) is 11.2 Å². The molecule has 0 aliphatic heterocycles. The topological polar surface area (TPSA) is 78.7 Å². The zero-order valence-electron chi connectivity index (χ0n) is 24.7. The van der Waals surface area contributed by atoms with E-state index in [4.69, 9.17) is 22.7 Å². The molecule has 0 aliphatic rings. The molecule has 4 N–H and O–H groups in total. The lowest BCUT2D eigenvalue weighted by atomic mass is 9.96. The number of nitrogens with zero attached hydrogens (tertiary/aromatic N) is 2. The molecule has 0 saturated heterocycles. The molecule has 2 heterocycles. The summed E-state index contributed by atoms with van der Waals surface area (Å²) in [5.74, 6) is 5.95. The number of pyridine rings is 2. The Kier molecular flexibility index (Phi) is 12.4. The molecular formula is C34H41ClN5+. The Morgan fingerprint density at radius 3 is 2.27 bits per heavy atom. The number of nitrogen functional groups attached to an aromatic ring is 1. The second-order valence-electron chi connectivity index (χ2n) is 8.61. The van der Waals surface area contributed by atoms with Gasteiger partial charge in [0.05, 0.1) is 10.4 Å². The average Bonchev–Trinajstić information content (AvgIpc) is 3.00. The van der Waals surface area contributed by atoms with Crippen molar-refractivity contribution < 1.29 is 4.57 Å². The second-order valence-corrected chi connectivity index (χ2v) is 8.99. The molecular weight excluding hydrogens is 514 g/mol. The van der Waals surface area contributed by atoms with Crippen LogP contribution in [0.25, 0.3) is 27.9 Å². The number of fused-ring (bicyclic) bond motifs is 1. The van der Waals surface area contributed by atoms with Gasteiger partial charge in [0.25, 0.3) is 0 Å². The predicted octanol–water partition coefficient (Wildman–Crippen LogP) is 7.71. The fraction of sp³-hybridized carbons (Fsp3) is 0.265. The van der Waals surface area contributed by atoms with Crippen LogP contribution in [0.2, 0.25) is 5.02 Å². The summed E-state index contributed by atoms with van der Waals surface area (Å²) in [5, 5.41) is 13.3. The van der Waals surface area contributed by atoms with Crippen LogP contribution in [0.15, 0.2) is 67.5 Å². The van der Waals surface area contributed by atoms with E-state index in [2.05, 4.69) is 64.5 Å². The largest absolute Gasteiger partial charge is 0.398 e. The number of halogens is 1. The van der Waals surface area contributed by atoms with Gasteiger partial charge in [-0.2, -0.15) is 4.57 Å². The van der Waals surface area contributed by atoms with Crippen molar-refractivity contribution in [1.82, 2.24) is 10.3 Å². The molecule has 5 nitrogen and oxygen atoms in total. The highest BCUT2D eigenvalue weighted by molar-refractivity contribution is 6.38. The average molecular weight is 555 g/mol. The molecule has 0 spiro atoms. The molecule has 0 unspecified atom stereocenters. The van der Waals surface area contributed by atoms with Crippen LogP contribution in [0, 0.1) is 24.2 Å². The molecule has 0 aliphatic carbocycles. The van der Waals surface area contributed by atoms with Crippen molar-refractivity contribution in [2.24, 2.45) is 7.05 Å². The van der Waals surface area contributed by atoms with E-state index >= 15 is 0 Å². The number of nitrogens with one attached hydrogen (secondary N) is 2. The zero-order chi connectivity index (χ0) is 29.8. The molecule has 0 fully saturated rings. The van der Waals surface area contributed by atoms with Gasteiger partial charge >= 0.3 is 0 Å². The van der Waals surface area contributed by atoms with Crippen molar-refractivity contribution in [2.75, 3.05) is 12.3 Å². The van der Waals surface area contributed by atoms with E-state index in [0.29, 0.717) is 16.3 Å². The van der Waals surface area contributed by atoms with Gasteiger partial charge in [-0.05, 0) is 55.2 Å². The van der Waals surface area contributed by atoms with Crippen molar-refractivity contribution in [2.45, 2.75) is 48.0 Å². The van der Waals surface area contributed by atoms with E-state index < -0.39 is 0 Å². The number of aromatic nitrogens is 2. The Hall–Kier alpha value is -4.14. The lowest BCUT2D eigenvalue weighted by molar-refractivity contribution is -0.633. The quantitative estimate of drug-likeness (QED) is 0.0988. The number of hydrogen-bond donors (Lipinski definition) is 3. The maximum absolute atomic E-state index is 8.72. The van der Waals surface area contributed by atoms with Gasteiger partial charge < -0.3 is 11.1 Å². The van der Waals surface area contributed by atoms with Crippen molar-refractivity contribution in [3.05, 3.63) is 94.8 Å². The third kappa shape index (κ3) is 7.08. The van der Waals surface area contributed by atoms with E-state index in [1.165, 1.54) is 0 Å². The van der Waals surface area contributed by atoms with Crippen molar-refractivity contribution in [3.63, 3.8) is 0 Å². The smallest absolute Gasteiger partial charge is 0.217 e. The van der Waals surface area contributed by atoms with E-state index in [1.54, 1.807) is 24.5 Å². The molecule has 4 rings (SSSR count). The highest BCUT2D eigenvalue weighted by atomic mass is 35.5. The molecule has 0 bridgehead atoms. The molecule has 0 atom stereocenters. The summed E-state index contributed by atoms with van der Waals surface area (Å²) in [7, 11) is 2.00. The number of hydrogen-bond acceptors (Lipinski definition) is 4. The van der Waals surface area contributed by atoms with Crippen molar-refractivity contribution >= 4 is 39.6 Å². The predicted molar refractivity (Wildman–Crippen MR) is 173 cm³/mol. The molecule has 6 heteroatoms.